The van der Waals surface area contributed by atoms with Crippen LogP contribution in [0, 0.1) is 5.92 Å². The van der Waals surface area contributed by atoms with Crippen LogP contribution in [0.15, 0.2) is 48.6 Å². The lowest BCUT2D eigenvalue weighted by Crippen LogP contribution is -2.13. The van der Waals surface area contributed by atoms with Gasteiger partial charge in [-0.25, -0.2) is 0 Å². The highest BCUT2D eigenvalue weighted by molar-refractivity contribution is 5.98. The molecule has 2 rings (SSSR count). The molecule has 0 bridgehead atoms. The van der Waals surface area contributed by atoms with E-state index in [1.165, 1.54) is 0 Å². The van der Waals surface area contributed by atoms with Crippen LogP contribution in [0.3, 0.4) is 0 Å². The molecule has 0 heterocycles. The summed E-state index contributed by atoms with van der Waals surface area (Å²) in [5.74, 6) is -0.684. The van der Waals surface area contributed by atoms with Gasteiger partial charge in [0.2, 0.25) is 0 Å². The van der Waals surface area contributed by atoms with Crippen molar-refractivity contribution in [2.45, 2.75) is 70.3 Å². The van der Waals surface area contributed by atoms with Crippen molar-refractivity contribution in [3.63, 3.8) is 0 Å². The highest BCUT2D eigenvalue weighted by Gasteiger charge is 2.30. The lowest BCUT2D eigenvalue weighted by atomic mass is 9.85. The summed E-state index contributed by atoms with van der Waals surface area (Å²) in [6.45, 7) is 2.15. The third-order valence-corrected chi connectivity index (χ3v) is 5.34. The fourth-order valence-corrected chi connectivity index (χ4v) is 3.69. The lowest BCUT2D eigenvalue weighted by Gasteiger charge is -2.18. The Hall–Kier alpha value is -2.20. The van der Waals surface area contributed by atoms with Crippen molar-refractivity contribution in [3.8, 4) is 0 Å². The second-order valence-electron chi connectivity index (χ2n) is 7.57. The zero-order valence-corrected chi connectivity index (χ0v) is 16.7. The van der Waals surface area contributed by atoms with Crippen molar-refractivity contribution in [2.75, 3.05) is 0 Å². The van der Waals surface area contributed by atoms with Crippen molar-refractivity contribution >= 4 is 11.8 Å². The molecule has 0 aliphatic heterocycles. The van der Waals surface area contributed by atoms with Gasteiger partial charge in [0.15, 0.2) is 5.78 Å². The molecular formula is C24H32O4. The molecule has 3 atom stereocenters. The number of hydrogen-bond donors (Lipinski definition) is 2. The number of carboxylic acid groups (broad SMARTS) is 1. The first-order valence-corrected chi connectivity index (χ1v) is 10.4. The zero-order chi connectivity index (χ0) is 20.4. The number of aliphatic carboxylic acids is 1. The molecule has 2 N–H and O–H groups in total. The zero-order valence-electron chi connectivity index (χ0n) is 16.7. The first kappa shape index (κ1) is 22.1. The Morgan fingerprint density at radius 3 is 2.57 bits per heavy atom. The second kappa shape index (κ2) is 11.6. The molecule has 4 nitrogen and oxygen atoms in total. The monoisotopic (exact) mass is 384 g/mol. The maximum absolute atomic E-state index is 12.4. The van der Waals surface area contributed by atoms with Gasteiger partial charge in [-0.05, 0) is 48.8 Å². The minimum Gasteiger partial charge on any atom is -0.481 e. The van der Waals surface area contributed by atoms with Gasteiger partial charge in [-0.1, -0.05) is 68.7 Å². The van der Waals surface area contributed by atoms with Crippen LogP contribution < -0.4 is 0 Å². The number of hydrogen-bond acceptors (Lipinski definition) is 3. The molecule has 152 valence electrons. The van der Waals surface area contributed by atoms with Crippen LogP contribution >= 0.6 is 0 Å². The van der Waals surface area contributed by atoms with E-state index in [1.54, 1.807) is 6.08 Å². The average Bonchev–Trinajstić information content (AvgIpc) is 3.05. The van der Waals surface area contributed by atoms with Crippen molar-refractivity contribution in [2.24, 2.45) is 5.92 Å². The number of ketones is 1. The molecular weight excluding hydrogens is 352 g/mol. The van der Waals surface area contributed by atoms with Gasteiger partial charge in [0.25, 0.3) is 0 Å². The van der Waals surface area contributed by atoms with E-state index in [2.05, 4.69) is 6.92 Å². The Morgan fingerprint density at radius 2 is 1.89 bits per heavy atom. The summed E-state index contributed by atoms with van der Waals surface area (Å²) < 4.78 is 0. The SMILES string of the molecule is CCCCCC(O)c1ccc([C@H]2C(=O)C=C[C@@H]2C/C=C\CCCC(=O)O)cc1. The Bertz CT molecular complexity index is 687. The maximum atomic E-state index is 12.4. The number of aliphatic hydroxyl groups is 1. The van der Waals surface area contributed by atoms with Crippen LogP contribution in [-0.4, -0.2) is 22.0 Å². The molecule has 28 heavy (non-hydrogen) atoms. The van der Waals surface area contributed by atoms with Crippen molar-refractivity contribution in [1.82, 2.24) is 0 Å². The molecule has 1 aromatic carbocycles. The molecule has 1 aliphatic carbocycles. The first-order valence-electron chi connectivity index (χ1n) is 10.4. The van der Waals surface area contributed by atoms with Crippen LogP contribution in [0.25, 0.3) is 0 Å². The van der Waals surface area contributed by atoms with Crippen LogP contribution in [0.4, 0.5) is 0 Å². The number of carboxylic acids is 1. The molecule has 1 aromatic rings. The van der Waals surface area contributed by atoms with E-state index in [0.717, 1.165) is 49.7 Å². The number of unbranched alkanes of at least 4 members (excludes halogenated alkanes) is 3. The molecule has 0 amide bonds. The van der Waals surface area contributed by atoms with Crippen LogP contribution in [0.1, 0.15) is 81.4 Å². The van der Waals surface area contributed by atoms with Gasteiger partial charge >= 0.3 is 5.97 Å². The largest absolute Gasteiger partial charge is 0.481 e. The second-order valence-corrected chi connectivity index (χ2v) is 7.57. The van der Waals surface area contributed by atoms with Crippen LogP contribution in [0.5, 0.6) is 0 Å². The average molecular weight is 385 g/mol. The molecule has 0 radical (unpaired) electrons. The maximum Gasteiger partial charge on any atom is 0.303 e. The van der Waals surface area contributed by atoms with Gasteiger partial charge in [-0.2, -0.15) is 0 Å². The third-order valence-electron chi connectivity index (χ3n) is 5.34. The normalized spacial score (nSPS) is 20.1. The minimum atomic E-state index is -0.767. The van der Waals surface area contributed by atoms with Gasteiger partial charge in [0, 0.05) is 6.42 Å². The number of aliphatic hydroxyl groups excluding tert-OH is 1. The van der Waals surface area contributed by atoms with E-state index in [1.807, 2.05) is 42.5 Å². The summed E-state index contributed by atoms with van der Waals surface area (Å²) in [6, 6.07) is 7.82. The fourth-order valence-electron chi connectivity index (χ4n) is 3.69. The summed E-state index contributed by atoms with van der Waals surface area (Å²) in [7, 11) is 0. The summed E-state index contributed by atoms with van der Waals surface area (Å²) in [5, 5.41) is 19.0. The van der Waals surface area contributed by atoms with E-state index in [9.17, 15) is 14.7 Å². The number of carbonyl (C=O) groups is 2. The number of allylic oxidation sites excluding steroid dienone is 4. The summed E-state index contributed by atoms with van der Waals surface area (Å²) >= 11 is 0. The molecule has 1 aliphatic rings. The van der Waals surface area contributed by atoms with Crippen molar-refractivity contribution < 1.29 is 19.8 Å². The van der Waals surface area contributed by atoms with E-state index >= 15 is 0 Å². The fraction of sp³-hybridized carbons (Fsp3) is 0.500. The standard InChI is InChI=1S/C24H32O4/c1-2-3-6-10-21(25)18-12-14-20(15-13-18)24-19(16-17-22(24)26)9-7-4-5-8-11-23(27)28/h4,7,12-17,19,21,24-25H,2-3,5-6,8-11H2,1H3,(H,27,28)/b7-4-/t19-,21?,24-/m0/s1. The molecule has 0 spiro atoms. The number of carbonyl (C=O) groups excluding carboxylic acids is 1. The highest BCUT2D eigenvalue weighted by atomic mass is 16.4. The Kier molecular flexibility index (Phi) is 9.15. The molecule has 0 saturated heterocycles. The Morgan fingerprint density at radius 1 is 1.14 bits per heavy atom. The minimum absolute atomic E-state index is 0.125. The van der Waals surface area contributed by atoms with E-state index in [4.69, 9.17) is 5.11 Å². The predicted octanol–water partition coefficient (Wildman–Crippen LogP) is 5.34. The van der Waals surface area contributed by atoms with Gasteiger partial charge in [-0.15, -0.1) is 0 Å². The van der Waals surface area contributed by atoms with E-state index in [0.29, 0.717) is 6.42 Å². The smallest absolute Gasteiger partial charge is 0.303 e. The van der Waals surface area contributed by atoms with E-state index in [-0.39, 0.29) is 24.0 Å². The van der Waals surface area contributed by atoms with E-state index < -0.39 is 12.1 Å². The van der Waals surface area contributed by atoms with Gasteiger partial charge in [-0.3, -0.25) is 9.59 Å². The molecule has 0 fully saturated rings. The molecule has 0 saturated carbocycles. The lowest BCUT2D eigenvalue weighted by molar-refractivity contribution is -0.137. The van der Waals surface area contributed by atoms with Gasteiger partial charge in [0.05, 0.1) is 12.0 Å². The van der Waals surface area contributed by atoms with Crippen LogP contribution in [-0.2, 0) is 9.59 Å². The van der Waals surface area contributed by atoms with Gasteiger partial charge < -0.3 is 10.2 Å². The topological polar surface area (TPSA) is 74.6 Å². The van der Waals surface area contributed by atoms with Gasteiger partial charge in [0.1, 0.15) is 0 Å². The summed E-state index contributed by atoms with van der Waals surface area (Å²) in [4.78, 5) is 22.9. The molecule has 0 aromatic heterocycles. The first-order chi connectivity index (χ1) is 13.5. The highest BCUT2D eigenvalue weighted by Crippen LogP contribution is 2.35. The van der Waals surface area contributed by atoms with Crippen molar-refractivity contribution in [3.05, 3.63) is 59.7 Å². The van der Waals surface area contributed by atoms with Crippen molar-refractivity contribution in [1.29, 1.82) is 0 Å². The predicted molar refractivity (Wildman–Crippen MR) is 111 cm³/mol. The molecule has 4 heteroatoms. The number of rotatable bonds is 12. The number of benzene rings is 1. The third kappa shape index (κ3) is 6.75. The Balaban J connectivity index is 1.91. The molecule has 1 unspecified atom stereocenters. The summed E-state index contributed by atoms with van der Waals surface area (Å²) in [5.41, 5.74) is 1.90. The summed E-state index contributed by atoms with van der Waals surface area (Å²) in [6.07, 6.45) is 13.6. The Labute approximate surface area is 168 Å². The van der Waals surface area contributed by atoms with Crippen LogP contribution in [0.2, 0.25) is 0 Å². The quantitative estimate of drug-likeness (QED) is 0.377.